The lowest BCUT2D eigenvalue weighted by Crippen LogP contribution is -2.19. The minimum Gasteiger partial charge on any atom is -0.384 e. The Morgan fingerprint density at radius 2 is 2.10 bits per heavy atom. The van der Waals surface area contributed by atoms with Gasteiger partial charge in [-0.25, -0.2) is 0 Å². The summed E-state index contributed by atoms with van der Waals surface area (Å²) < 4.78 is 0. The first-order valence-corrected chi connectivity index (χ1v) is 3.18. The van der Waals surface area contributed by atoms with Gasteiger partial charge >= 0.3 is 0 Å². The largest absolute Gasteiger partial charge is 0.384 e. The molecule has 3 nitrogen and oxygen atoms in total. The van der Waals surface area contributed by atoms with E-state index in [1.54, 1.807) is 13.0 Å². The summed E-state index contributed by atoms with van der Waals surface area (Å²) in [6.07, 6.45) is 3.58. The van der Waals surface area contributed by atoms with Gasteiger partial charge in [-0.15, -0.1) is 0 Å². The highest BCUT2D eigenvalue weighted by molar-refractivity contribution is 5.77. The highest BCUT2D eigenvalue weighted by Gasteiger charge is 2.01. The first kappa shape index (κ1) is 9.01. The maximum absolute atomic E-state index is 10.5. The van der Waals surface area contributed by atoms with Gasteiger partial charge in [0, 0.05) is 14.1 Å². The van der Waals surface area contributed by atoms with E-state index in [4.69, 9.17) is 5.73 Å². The van der Waals surface area contributed by atoms with Crippen molar-refractivity contribution in [3.63, 3.8) is 0 Å². The molecule has 3 heteroatoms. The molecule has 0 aliphatic rings. The first-order chi connectivity index (χ1) is 4.54. The Kier molecular flexibility index (Phi) is 3.54. The van der Waals surface area contributed by atoms with Crippen LogP contribution in [0, 0.1) is 5.92 Å². The second-order valence-corrected chi connectivity index (χ2v) is 2.50. The number of primary amides is 1. The third kappa shape index (κ3) is 3.95. The van der Waals surface area contributed by atoms with E-state index in [1.165, 1.54) is 0 Å². The summed E-state index contributed by atoms with van der Waals surface area (Å²) in [7, 11) is 3.79. The molecular weight excluding hydrogens is 128 g/mol. The van der Waals surface area contributed by atoms with Crippen LogP contribution in [0.25, 0.3) is 0 Å². The van der Waals surface area contributed by atoms with Gasteiger partial charge in [0.2, 0.25) is 5.91 Å². The second kappa shape index (κ2) is 3.93. The van der Waals surface area contributed by atoms with E-state index in [0.29, 0.717) is 0 Å². The van der Waals surface area contributed by atoms with Gasteiger partial charge in [0.1, 0.15) is 0 Å². The number of amides is 1. The quantitative estimate of drug-likeness (QED) is 0.611. The zero-order valence-electron chi connectivity index (χ0n) is 6.66. The average Bonchev–Trinajstić information content (AvgIpc) is 1.82. The van der Waals surface area contributed by atoms with E-state index in [-0.39, 0.29) is 11.8 Å². The Balaban J connectivity index is 3.77. The Morgan fingerprint density at radius 3 is 2.40 bits per heavy atom. The van der Waals surface area contributed by atoms with Crippen molar-refractivity contribution in [1.29, 1.82) is 0 Å². The number of rotatable bonds is 3. The molecule has 1 unspecified atom stereocenters. The molecule has 0 rings (SSSR count). The van der Waals surface area contributed by atoms with E-state index in [1.807, 2.05) is 25.2 Å². The lowest BCUT2D eigenvalue weighted by molar-refractivity contribution is -0.120. The number of nitrogens with two attached hydrogens (primary N) is 1. The topological polar surface area (TPSA) is 46.3 Å². The fraction of sp³-hybridized carbons (Fsp3) is 0.571. The second-order valence-electron chi connectivity index (χ2n) is 2.50. The zero-order chi connectivity index (χ0) is 8.15. The summed E-state index contributed by atoms with van der Waals surface area (Å²) in [5.41, 5.74) is 5.01. The standard InChI is InChI=1S/C7H14N2O/c1-6(7(8)10)4-5-9(2)3/h4-6H,1-3H3,(H2,8,10). The maximum Gasteiger partial charge on any atom is 0.224 e. The van der Waals surface area contributed by atoms with Gasteiger partial charge in [-0.05, 0) is 6.20 Å². The molecule has 0 saturated heterocycles. The molecule has 58 valence electrons. The van der Waals surface area contributed by atoms with Crippen LogP contribution in [0.2, 0.25) is 0 Å². The van der Waals surface area contributed by atoms with Gasteiger partial charge < -0.3 is 10.6 Å². The van der Waals surface area contributed by atoms with Crippen LogP contribution in [0.15, 0.2) is 12.3 Å². The third-order valence-electron chi connectivity index (χ3n) is 1.12. The predicted octanol–water partition coefficient (Wildman–Crippen LogP) is 0.183. The lowest BCUT2D eigenvalue weighted by atomic mass is 10.2. The van der Waals surface area contributed by atoms with E-state index >= 15 is 0 Å². The minimum atomic E-state index is -0.293. The van der Waals surface area contributed by atoms with Crippen molar-refractivity contribution < 1.29 is 4.79 Å². The number of carbonyl (C=O) groups excluding carboxylic acids is 1. The van der Waals surface area contributed by atoms with Crippen LogP contribution in [0.1, 0.15) is 6.92 Å². The summed E-state index contributed by atoms with van der Waals surface area (Å²) in [5, 5.41) is 0. The number of hydrogen-bond donors (Lipinski definition) is 1. The van der Waals surface area contributed by atoms with Crippen molar-refractivity contribution in [2.75, 3.05) is 14.1 Å². The van der Waals surface area contributed by atoms with Crippen LogP contribution in [0.5, 0.6) is 0 Å². The van der Waals surface area contributed by atoms with Crippen molar-refractivity contribution in [3.8, 4) is 0 Å². The average molecular weight is 142 g/mol. The molecule has 0 fully saturated rings. The van der Waals surface area contributed by atoms with Crippen molar-refractivity contribution in [2.24, 2.45) is 11.7 Å². The molecule has 1 atom stereocenters. The molecule has 0 aliphatic heterocycles. The molecule has 10 heavy (non-hydrogen) atoms. The molecule has 2 N–H and O–H groups in total. The predicted molar refractivity (Wildman–Crippen MR) is 41.2 cm³/mol. The molecule has 0 saturated carbocycles. The summed E-state index contributed by atoms with van der Waals surface area (Å²) >= 11 is 0. The van der Waals surface area contributed by atoms with Crippen LogP contribution in [-0.2, 0) is 4.79 Å². The summed E-state index contributed by atoms with van der Waals surface area (Å²) in [6.45, 7) is 1.77. The van der Waals surface area contributed by atoms with Gasteiger partial charge in [0.25, 0.3) is 0 Å². The van der Waals surface area contributed by atoms with Gasteiger partial charge in [0.15, 0.2) is 0 Å². The van der Waals surface area contributed by atoms with Gasteiger partial charge in [-0.3, -0.25) is 4.79 Å². The van der Waals surface area contributed by atoms with E-state index in [0.717, 1.165) is 0 Å². The third-order valence-corrected chi connectivity index (χ3v) is 1.12. The van der Waals surface area contributed by atoms with Gasteiger partial charge in [0.05, 0.1) is 5.92 Å². The van der Waals surface area contributed by atoms with Crippen molar-refractivity contribution in [2.45, 2.75) is 6.92 Å². The summed E-state index contributed by atoms with van der Waals surface area (Å²) in [6, 6.07) is 0. The number of carbonyl (C=O) groups is 1. The lowest BCUT2D eigenvalue weighted by Gasteiger charge is -2.04. The van der Waals surface area contributed by atoms with E-state index in [9.17, 15) is 4.79 Å². The number of hydrogen-bond acceptors (Lipinski definition) is 2. The summed E-state index contributed by atoms with van der Waals surface area (Å²) in [4.78, 5) is 12.3. The minimum absolute atomic E-state index is 0.178. The van der Waals surface area contributed by atoms with E-state index in [2.05, 4.69) is 0 Å². The summed E-state index contributed by atoms with van der Waals surface area (Å²) in [5.74, 6) is -0.472. The fourth-order valence-corrected chi connectivity index (χ4v) is 0.396. The molecule has 1 amide bonds. The Labute approximate surface area is 61.5 Å². The van der Waals surface area contributed by atoms with Gasteiger partial charge in [-0.2, -0.15) is 0 Å². The molecule has 0 aromatic heterocycles. The van der Waals surface area contributed by atoms with Gasteiger partial charge in [-0.1, -0.05) is 13.0 Å². The first-order valence-electron chi connectivity index (χ1n) is 3.18. The molecule has 0 aliphatic carbocycles. The number of nitrogens with zero attached hydrogens (tertiary/aromatic N) is 1. The zero-order valence-corrected chi connectivity index (χ0v) is 6.66. The van der Waals surface area contributed by atoms with E-state index < -0.39 is 0 Å². The highest BCUT2D eigenvalue weighted by atomic mass is 16.1. The Hall–Kier alpha value is -0.990. The molecule has 0 bridgehead atoms. The van der Waals surface area contributed by atoms with Crippen LogP contribution in [0.4, 0.5) is 0 Å². The van der Waals surface area contributed by atoms with Crippen LogP contribution < -0.4 is 5.73 Å². The molecule has 0 radical (unpaired) electrons. The molecular formula is C7H14N2O. The SMILES string of the molecule is CC(C=CN(C)C)C(N)=O. The maximum atomic E-state index is 10.5. The monoisotopic (exact) mass is 142 g/mol. The van der Waals surface area contributed by atoms with Crippen molar-refractivity contribution in [3.05, 3.63) is 12.3 Å². The van der Waals surface area contributed by atoms with Crippen molar-refractivity contribution >= 4 is 5.91 Å². The van der Waals surface area contributed by atoms with Crippen LogP contribution in [-0.4, -0.2) is 24.9 Å². The molecule has 0 spiro atoms. The smallest absolute Gasteiger partial charge is 0.224 e. The molecule has 0 heterocycles. The van der Waals surface area contributed by atoms with Crippen LogP contribution >= 0.6 is 0 Å². The van der Waals surface area contributed by atoms with Crippen LogP contribution in [0.3, 0.4) is 0 Å². The molecule has 0 aromatic carbocycles. The normalized spacial score (nSPS) is 13.5. The molecule has 0 aromatic rings. The Morgan fingerprint density at radius 1 is 1.60 bits per heavy atom. The fourth-order valence-electron chi connectivity index (χ4n) is 0.396. The Bertz CT molecular complexity index is 141. The highest BCUT2D eigenvalue weighted by Crippen LogP contribution is 1.94. The van der Waals surface area contributed by atoms with Crippen molar-refractivity contribution in [1.82, 2.24) is 4.90 Å².